The Hall–Kier alpha value is -0.120. The van der Waals surface area contributed by atoms with Crippen LogP contribution in [0.15, 0.2) is 0 Å². The van der Waals surface area contributed by atoms with E-state index >= 15 is 0 Å². The van der Waals surface area contributed by atoms with Crippen LogP contribution in [0.2, 0.25) is 0 Å². The molecule has 0 aliphatic carbocycles. The summed E-state index contributed by atoms with van der Waals surface area (Å²) in [5.74, 6) is 0. The van der Waals surface area contributed by atoms with Crippen molar-refractivity contribution < 1.29 is 0 Å². The number of nitrogens with zero attached hydrogens (tertiary/aromatic N) is 2. The van der Waals surface area contributed by atoms with E-state index in [1.165, 1.54) is 25.9 Å². The van der Waals surface area contributed by atoms with Crippen molar-refractivity contribution in [2.24, 2.45) is 0 Å². The molecule has 1 rings (SSSR count). The van der Waals surface area contributed by atoms with E-state index in [9.17, 15) is 0 Å². The zero-order valence-electron chi connectivity index (χ0n) is 9.92. The number of nitrogens with one attached hydrogen (secondary N) is 1. The smallest absolute Gasteiger partial charge is 0.0192 e. The highest BCUT2D eigenvalue weighted by Crippen LogP contribution is 2.10. The normalized spacial score (nSPS) is 20.6. The van der Waals surface area contributed by atoms with E-state index in [1.807, 2.05) is 0 Å². The second-order valence-corrected chi connectivity index (χ2v) is 4.60. The summed E-state index contributed by atoms with van der Waals surface area (Å²) in [6.07, 6.45) is 2.78. The standard InChI is InChI=1S/C11H25N3/c1-11(14-7-4-5-8-14)10-12-6-9-13(2)3/h11-12H,4-10H2,1-3H3. The van der Waals surface area contributed by atoms with Gasteiger partial charge < -0.3 is 10.2 Å². The average molecular weight is 199 g/mol. The van der Waals surface area contributed by atoms with Gasteiger partial charge in [-0.05, 0) is 47.0 Å². The van der Waals surface area contributed by atoms with Crippen LogP contribution < -0.4 is 5.32 Å². The van der Waals surface area contributed by atoms with E-state index in [4.69, 9.17) is 0 Å². The van der Waals surface area contributed by atoms with Gasteiger partial charge in [0.2, 0.25) is 0 Å². The molecule has 0 bridgehead atoms. The van der Waals surface area contributed by atoms with E-state index in [-0.39, 0.29) is 0 Å². The maximum atomic E-state index is 3.51. The first kappa shape index (κ1) is 12.0. The zero-order valence-corrected chi connectivity index (χ0v) is 9.92. The summed E-state index contributed by atoms with van der Waals surface area (Å²) in [6, 6.07) is 0.708. The van der Waals surface area contributed by atoms with Gasteiger partial charge in [-0.3, -0.25) is 4.90 Å². The third-order valence-electron chi connectivity index (χ3n) is 2.94. The highest BCUT2D eigenvalue weighted by Gasteiger charge is 2.16. The molecule has 1 aliphatic heterocycles. The molecule has 0 amide bonds. The lowest BCUT2D eigenvalue weighted by Gasteiger charge is -2.24. The number of likely N-dealkylation sites (N-methyl/N-ethyl adjacent to an activating group) is 1. The molecule has 0 aromatic heterocycles. The van der Waals surface area contributed by atoms with Gasteiger partial charge in [-0.2, -0.15) is 0 Å². The van der Waals surface area contributed by atoms with Crippen molar-refractivity contribution in [3.05, 3.63) is 0 Å². The van der Waals surface area contributed by atoms with Crippen LogP contribution >= 0.6 is 0 Å². The van der Waals surface area contributed by atoms with Gasteiger partial charge in [-0.15, -0.1) is 0 Å². The third kappa shape index (κ3) is 4.40. The summed E-state index contributed by atoms with van der Waals surface area (Å²) in [4.78, 5) is 4.80. The second-order valence-electron chi connectivity index (χ2n) is 4.60. The molecule has 0 spiro atoms. The molecule has 1 aliphatic rings. The molecule has 1 saturated heterocycles. The maximum Gasteiger partial charge on any atom is 0.0192 e. The van der Waals surface area contributed by atoms with Gasteiger partial charge in [0.1, 0.15) is 0 Å². The quantitative estimate of drug-likeness (QED) is 0.633. The van der Waals surface area contributed by atoms with Crippen LogP contribution in [0.3, 0.4) is 0 Å². The Kier molecular flexibility index (Phi) is 5.45. The molecule has 0 radical (unpaired) electrons. The topological polar surface area (TPSA) is 18.5 Å². The first-order valence-electron chi connectivity index (χ1n) is 5.79. The maximum absolute atomic E-state index is 3.51. The fraction of sp³-hybridized carbons (Fsp3) is 1.00. The van der Waals surface area contributed by atoms with Crippen LogP contribution in [0.25, 0.3) is 0 Å². The molecule has 3 heteroatoms. The molecule has 0 saturated carbocycles. The molecular formula is C11H25N3. The van der Waals surface area contributed by atoms with Crippen molar-refractivity contribution in [3.63, 3.8) is 0 Å². The van der Waals surface area contributed by atoms with E-state index < -0.39 is 0 Å². The van der Waals surface area contributed by atoms with Crippen LogP contribution in [-0.2, 0) is 0 Å². The first-order chi connectivity index (χ1) is 6.70. The lowest BCUT2D eigenvalue weighted by molar-refractivity contribution is 0.249. The third-order valence-corrected chi connectivity index (χ3v) is 2.94. The molecular weight excluding hydrogens is 174 g/mol. The Morgan fingerprint density at radius 3 is 2.50 bits per heavy atom. The van der Waals surface area contributed by atoms with Crippen LogP contribution in [0.5, 0.6) is 0 Å². The summed E-state index contributed by atoms with van der Waals surface area (Å²) in [5, 5.41) is 3.51. The summed E-state index contributed by atoms with van der Waals surface area (Å²) < 4.78 is 0. The zero-order chi connectivity index (χ0) is 10.4. The Morgan fingerprint density at radius 2 is 1.93 bits per heavy atom. The Bertz CT molecular complexity index is 141. The molecule has 1 unspecified atom stereocenters. The summed E-state index contributed by atoms with van der Waals surface area (Å²) in [5.41, 5.74) is 0. The summed E-state index contributed by atoms with van der Waals surface area (Å²) in [6.45, 7) is 8.30. The van der Waals surface area contributed by atoms with Gasteiger partial charge in [0.05, 0.1) is 0 Å². The van der Waals surface area contributed by atoms with Crippen molar-refractivity contribution in [2.75, 3.05) is 46.8 Å². The molecule has 14 heavy (non-hydrogen) atoms. The predicted molar refractivity (Wildman–Crippen MR) is 61.7 cm³/mol. The number of hydrogen-bond donors (Lipinski definition) is 1. The first-order valence-corrected chi connectivity index (χ1v) is 5.79. The fourth-order valence-electron chi connectivity index (χ4n) is 1.93. The minimum absolute atomic E-state index is 0.708. The fourth-order valence-corrected chi connectivity index (χ4v) is 1.93. The van der Waals surface area contributed by atoms with Gasteiger partial charge in [0.25, 0.3) is 0 Å². The second kappa shape index (κ2) is 6.38. The van der Waals surface area contributed by atoms with E-state index in [0.717, 1.165) is 19.6 Å². The summed E-state index contributed by atoms with van der Waals surface area (Å²) >= 11 is 0. The lowest BCUT2D eigenvalue weighted by atomic mass is 10.3. The van der Waals surface area contributed by atoms with Gasteiger partial charge in [-0.25, -0.2) is 0 Å². The number of rotatable bonds is 6. The molecule has 0 aromatic carbocycles. The monoisotopic (exact) mass is 199 g/mol. The van der Waals surface area contributed by atoms with E-state index in [2.05, 4.69) is 36.1 Å². The average Bonchev–Trinajstić information content (AvgIpc) is 2.64. The highest BCUT2D eigenvalue weighted by atomic mass is 15.2. The van der Waals surface area contributed by atoms with Gasteiger partial charge in [-0.1, -0.05) is 0 Å². The van der Waals surface area contributed by atoms with E-state index in [0.29, 0.717) is 6.04 Å². The van der Waals surface area contributed by atoms with Crippen LogP contribution in [0, 0.1) is 0 Å². The van der Waals surface area contributed by atoms with Crippen molar-refractivity contribution in [2.45, 2.75) is 25.8 Å². The summed E-state index contributed by atoms with van der Waals surface area (Å²) in [7, 11) is 4.23. The van der Waals surface area contributed by atoms with E-state index in [1.54, 1.807) is 0 Å². The van der Waals surface area contributed by atoms with Gasteiger partial charge in [0, 0.05) is 25.7 Å². The largest absolute Gasteiger partial charge is 0.314 e. The Morgan fingerprint density at radius 1 is 1.29 bits per heavy atom. The van der Waals surface area contributed by atoms with Crippen molar-refractivity contribution >= 4 is 0 Å². The molecule has 1 N–H and O–H groups in total. The van der Waals surface area contributed by atoms with Gasteiger partial charge >= 0.3 is 0 Å². The Balaban J connectivity index is 1.99. The highest BCUT2D eigenvalue weighted by molar-refractivity contribution is 4.74. The Labute approximate surface area is 88.5 Å². The molecule has 1 atom stereocenters. The number of likely N-dealkylation sites (tertiary alicyclic amines) is 1. The molecule has 1 heterocycles. The molecule has 3 nitrogen and oxygen atoms in total. The predicted octanol–water partition coefficient (Wildman–Crippen LogP) is 0.622. The molecule has 0 aromatic rings. The minimum Gasteiger partial charge on any atom is -0.314 e. The van der Waals surface area contributed by atoms with Crippen LogP contribution in [0.1, 0.15) is 19.8 Å². The van der Waals surface area contributed by atoms with Gasteiger partial charge in [0.15, 0.2) is 0 Å². The van der Waals surface area contributed by atoms with Crippen molar-refractivity contribution in [3.8, 4) is 0 Å². The van der Waals surface area contributed by atoms with Crippen molar-refractivity contribution in [1.82, 2.24) is 15.1 Å². The SMILES string of the molecule is CC(CNCCN(C)C)N1CCCC1. The van der Waals surface area contributed by atoms with Crippen LogP contribution in [0.4, 0.5) is 0 Å². The van der Waals surface area contributed by atoms with Crippen molar-refractivity contribution in [1.29, 1.82) is 0 Å². The minimum atomic E-state index is 0.708. The lowest BCUT2D eigenvalue weighted by Crippen LogP contribution is -2.40. The molecule has 1 fully saturated rings. The van der Waals surface area contributed by atoms with Crippen LogP contribution in [-0.4, -0.2) is 62.7 Å². The molecule has 84 valence electrons. The number of hydrogen-bond acceptors (Lipinski definition) is 3.